The normalized spacial score (nSPS) is 12.2. The summed E-state index contributed by atoms with van der Waals surface area (Å²) in [7, 11) is 0. The third-order valence-electron chi connectivity index (χ3n) is 2.58. The summed E-state index contributed by atoms with van der Waals surface area (Å²) in [5, 5.41) is 0. The molecular weight excluding hydrogens is 306 g/mol. The Kier molecular flexibility index (Phi) is 4.50. The van der Waals surface area contributed by atoms with E-state index in [2.05, 4.69) is 25.9 Å². The number of halogens is 1. The largest absolute Gasteiger partial charge is 0.424 e. The van der Waals surface area contributed by atoms with Gasteiger partial charge in [0.1, 0.15) is 5.75 Å². The van der Waals surface area contributed by atoms with Gasteiger partial charge in [-0.3, -0.25) is 0 Å². The maximum Gasteiger partial charge on any atom is 0.321 e. The highest BCUT2D eigenvalue weighted by atomic mass is 79.9. The van der Waals surface area contributed by atoms with Gasteiger partial charge in [0.25, 0.3) is 0 Å². The zero-order valence-electron chi connectivity index (χ0n) is 10.9. The summed E-state index contributed by atoms with van der Waals surface area (Å²) in [6.07, 6.45) is 4.26. The van der Waals surface area contributed by atoms with E-state index in [4.69, 9.17) is 10.5 Å². The Balaban J connectivity index is 2.08. The molecule has 0 fully saturated rings. The van der Waals surface area contributed by atoms with E-state index in [-0.39, 0.29) is 6.04 Å². The van der Waals surface area contributed by atoms with Crippen LogP contribution in [0.2, 0.25) is 0 Å². The number of hydrogen-bond acceptors (Lipinski definition) is 4. The molecule has 1 aromatic carbocycles. The summed E-state index contributed by atoms with van der Waals surface area (Å²) in [4.78, 5) is 8.36. The standard InChI is InChI=1S/C14H16BrN3O/c1-9-5-12(3-4-13(9)15)19-14-17-7-11(8-18-14)6-10(2)16/h3-5,7-8,10H,6,16H2,1-2H3. The molecule has 4 nitrogen and oxygen atoms in total. The Bertz CT molecular complexity index is 555. The number of rotatable bonds is 4. The van der Waals surface area contributed by atoms with Crippen LogP contribution in [-0.4, -0.2) is 16.0 Å². The summed E-state index contributed by atoms with van der Waals surface area (Å²) in [5.74, 6) is 0.723. The van der Waals surface area contributed by atoms with E-state index in [1.165, 1.54) is 0 Å². The van der Waals surface area contributed by atoms with Crippen LogP contribution in [0.3, 0.4) is 0 Å². The fraction of sp³-hybridized carbons (Fsp3) is 0.286. The van der Waals surface area contributed by atoms with Crippen molar-refractivity contribution in [1.82, 2.24) is 9.97 Å². The maximum absolute atomic E-state index is 5.73. The topological polar surface area (TPSA) is 61.0 Å². The molecule has 0 radical (unpaired) electrons. The number of aromatic nitrogens is 2. The van der Waals surface area contributed by atoms with Crippen LogP contribution in [-0.2, 0) is 6.42 Å². The van der Waals surface area contributed by atoms with Gasteiger partial charge in [0.15, 0.2) is 0 Å². The van der Waals surface area contributed by atoms with Crippen LogP contribution in [0.25, 0.3) is 0 Å². The zero-order chi connectivity index (χ0) is 13.8. The average Bonchev–Trinajstić information content (AvgIpc) is 2.36. The van der Waals surface area contributed by atoms with Crippen molar-refractivity contribution >= 4 is 15.9 Å². The lowest BCUT2D eigenvalue weighted by Gasteiger charge is -2.07. The van der Waals surface area contributed by atoms with Gasteiger partial charge in [-0.05, 0) is 49.6 Å². The smallest absolute Gasteiger partial charge is 0.321 e. The molecule has 1 atom stereocenters. The van der Waals surface area contributed by atoms with Gasteiger partial charge < -0.3 is 10.5 Å². The third-order valence-corrected chi connectivity index (χ3v) is 3.47. The minimum atomic E-state index is 0.101. The van der Waals surface area contributed by atoms with Crippen molar-refractivity contribution in [2.45, 2.75) is 26.3 Å². The first-order valence-corrected chi connectivity index (χ1v) is 6.84. The molecule has 1 heterocycles. The van der Waals surface area contributed by atoms with Crippen LogP contribution < -0.4 is 10.5 Å². The monoisotopic (exact) mass is 321 g/mol. The zero-order valence-corrected chi connectivity index (χ0v) is 12.5. The van der Waals surface area contributed by atoms with Crippen molar-refractivity contribution in [3.63, 3.8) is 0 Å². The molecule has 2 rings (SSSR count). The van der Waals surface area contributed by atoms with Gasteiger partial charge in [-0.1, -0.05) is 15.9 Å². The predicted octanol–water partition coefficient (Wildman–Crippen LogP) is 3.23. The molecule has 0 aliphatic carbocycles. The molecule has 0 spiro atoms. The molecule has 0 saturated carbocycles. The fourth-order valence-electron chi connectivity index (χ4n) is 1.66. The lowest BCUT2D eigenvalue weighted by atomic mass is 10.1. The number of aryl methyl sites for hydroxylation is 1. The van der Waals surface area contributed by atoms with Gasteiger partial charge in [-0.2, -0.15) is 0 Å². The van der Waals surface area contributed by atoms with Crippen LogP contribution in [0.4, 0.5) is 0 Å². The predicted molar refractivity (Wildman–Crippen MR) is 78.3 cm³/mol. The molecule has 1 unspecified atom stereocenters. The molecule has 1 aromatic heterocycles. The number of nitrogens with two attached hydrogens (primary N) is 1. The molecular formula is C14H16BrN3O. The number of hydrogen-bond donors (Lipinski definition) is 1. The summed E-state index contributed by atoms with van der Waals surface area (Å²) in [6, 6.07) is 6.19. The molecule has 19 heavy (non-hydrogen) atoms. The van der Waals surface area contributed by atoms with E-state index in [1.54, 1.807) is 12.4 Å². The maximum atomic E-state index is 5.73. The van der Waals surface area contributed by atoms with E-state index in [9.17, 15) is 0 Å². The van der Waals surface area contributed by atoms with Crippen LogP contribution in [0, 0.1) is 6.92 Å². The second-order valence-electron chi connectivity index (χ2n) is 4.57. The average molecular weight is 322 g/mol. The van der Waals surface area contributed by atoms with Crippen molar-refractivity contribution in [1.29, 1.82) is 0 Å². The molecule has 2 aromatic rings. The molecule has 0 aliphatic heterocycles. The molecule has 0 aliphatic rings. The van der Waals surface area contributed by atoms with Crippen molar-refractivity contribution in [3.8, 4) is 11.8 Å². The van der Waals surface area contributed by atoms with Gasteiger partial charge in [0.05, 0.1) is 0 Å². The minimum Gasteiger partial charge on any atom is -0.424 e. The van der Waals surface area contributed by atoms with Crippen LogP contribution in [0.15, 0.2) is 35.1 Å². The summed E-state index contributed by atoms with van der Waals surface area (Å²) < 4.78 is 6.65. The Morgan fingerprint density at radius 3 is 2.58 bits per heavy atom. The van der Waals surface area contributed by atoms with Crippen molar-refractivity contribution < 1.29 is 4.74 Å². The van der Waals surface area contributed by atoms with E-state index < -0.39 is 0 Å². The van der Waals surface area contributed by atoms with Gasteiger partial charge in [0.2, 0.25) is 0 Å². The highest BCUT2D eigenvalue weighted by Crippen LogP contribution is 2.24. The van der Waals surface area contributed by atoms with Gasteiger partial charge in [-0.25, -0.2) is 9.97 Å². The van der Waals surface area contributed by atoms with E-state index in [0.717, 1.165) is 27.8 Å². The Morgan fingerprint density at radius 1 is 1.32 bits per heavy atom. The molecule has 0 amide bonds. The van der Waals surface area contributed by atoms with Gasteiger partial charge in [-0.15, -0.1) is 0 Å². The van der Waals surface area contributed by atoms with Crippen LogP contribution in [0.1, 0.15) is 18.1 Å². The summed E-state index contributed by atoms with van der Waals surface area (Å²) in [6.45, 7) is 3.96. The minimum absolute atomic E-state index is 0.101. The fourth-order valence-corrected chi connectivity index (χ4v) is 1.91. The van der Waals surface area contributed by atoms with E-state index in [1.807, 2.05) is 32.0 Å². The van der Waals surface area contributed by atoms with E-state index >= 15 is 0 Å². The molecule has 0 saturated heterocycles. The van der Waals surface area contributed by atoms with Crippen LogP contribution in [0.5, 0.6) is 11.8 Å². The second-order valence-corrected chi connectivity index (χ2v) is 5.42. The Hall–Kier alpha value is -1.46. The van der Waals surface area contributed by atoms with E-state index in [0.29, 0.717) is 6.01 Å². The lowest BCUT2D eigenvalue weighted by molar-refractivity contribution is 0.440. The quantitative estimate of drug-likeness (QED) is 0.939. The number of nitrogens with zero attached hydrogens (tertiary/aromatic N) is 2. The summed E-state index contributed by atoms with van der Waals surface area (Å²) in [5.41, 5.74) is 7.84. The Morgan fingerprint density at radius 2 is 2.00 bits per heavy atom. The summed E-state index contributed by atoms with van der Waals surface area (Å²) >= 11 is 3.45. The van der Waals surface area contributed by atoms with Gasteiger partial charge >= 0.3 is 6.01 Å². The van der Waals surface area contributed by atoms with Crippen molar-refractivity contribution in [2.75, 3.05) is 0 Å². The number of benzene rings is 1. The molecule has 100 valence electrons. The molecule has 5 heteroatoms. The van der Waals surface area contributed by atoms with Crippen molar-refractivity contribution in [2.24, 2.45) is 5.73 Å². The van der Waals surface area contributed by atoms with Crippen molar-refractivity contribution in [3.05, 3.63) is 46.2 Å². The second kappa shape index (κ2) is 6.12. The lowest BCUT2D eigenvalue weighted by Crippen LogP contribution is -2.17. The first kappa shape index (κ1) is 14.0. The highest BCUT2D eigenvalue weighted by Gasteiger charge is 2.04. The highest BCUT2D eigenvalue weighted by molar-refractivity contribution is 9.10. The van der Waals surface area contributed by atoms with Gasteiger partial charge in [0, 0.05) is 22.9 Å². The third kappa shape index (κ3) is 4.01. The van der Waals surface area contributed by atoms with Crippen LogP contribution >= 0.6 is 15.9 Å². The Labute approximate surface area is 121 Å². The first-order valence-electron chi connectivity index (χ1n) is 6.05. The SMILES string of the molecule is Cc1cc(Oc2ncc(CC(C)N)cn2)ccc1Br. The first-order chi connectivity index (χ1) is 9.04. The molecule has 0 bridgehead atoms. The number of ether oxygens (including phenoxy) is 1. The molecule has 2 N–H and O–H groups in total.